The first-order chi connectivity index (χ1) is 19.0. The molecule has 2 aromatic heterocycles. The quantitative estimate of drug-likeness (QED) is 0.241. The van der Waals surface area contributed by atoms with Crippen LogP contribution in [0.3, 0.4) is 0 Å². The highest BCUT2D eigenvalue weighted by Crippen LogP contribution is 2.40. The molecule has 2 aromatic carbocycles. The molecule has 1 fully saturated rings. The second-order valence-corrected chi connectivity index (χ2v) is 9.69. The topological polar surface area (TPSA) is 88.5 Å². The van der Waals surface area contributed by atoms with Crippen LogP contribution in [0.4, 0.5) is 5.69 Å². The Balaban J connectivity index is 1.48. The van der Waals surface area contributed by atoms with Gasteiger partial charge in [-0.05, 0) is 73.2 Å². The lowest BCUT2D eigenvalue weighted by atomic mass is 10.0. The summed E-state index contributed by atoms with van der Waals surface area (Å²) in [6.07, 6.45) is 3.90. The number of hydrogen-bond donors (Lipinski definition) is 2. The first-order valence-electron chi connectivity index (χ1n) is 12.7. The van der Waals surface area contributed by atoms with Gasteiger partial charge in [0.2, 0.25) is 5.91 Å². The number of nitrogens with one attached hydrogen (secondary N) is 2. The summed E-state index contributed by atoms with van der Waals surface area (Å²) in [5.74, 6) is -0.522. The van der Waals surface area contributed by atoms with E-state index in [1.54, 1.807) is 18.3 Å². The monoisotopic (exact) mass is 539 g/mol. The minimum absolute atomic E-state index is 0.102. The van der Waals surface area contributed by atoms with Crippen molar-refractivity contribution in [3.05, 3.63) is 114 Å². The maximum atomic E-state index is 12.9. The molecule has 1 saturated heterocycles. The summed E-state index contributed by atoms with van der Waals surface area (Å²) >= 11 is 5.79. The molecule has 5 rings (SSSR count). The molecule has 2 atom stereocenters. The Bertz CT molecular complexity index is 1500. The van der Waals surface area contributed by atoms with Gasteiger partial charge in [-0.3, -0.25) is 9.78 Å². The van der Waals surface area contributed by atoms with Crippen LogP contribution >= 0.6 is 12.2 Å². The largest absolute Gasteiger partial charge is 0.465 e. The third-order valence-electron chi connectivity index (χ3n) is 6.73. The van der Waals surface area contributed by atoms with Crippen molar-refractivity contribution in [2.45, 2.75) is 25.4 Å². The number of pyridine rings is 1. The minimum Gasteiger partial charge on any atom is -0.465 e. The number of amides is 1. The summed E-state index contributed by atoms with van der Waals surface area (Å²) in [6, 6.07) is 24.2. The van der Waals surface area contributed by atoms with Crippen molar-refractivity contribution in [3.8, 4) is 5.69 Å². The molecule has 0 spiro atoms. The number of carbonyl (C=O) groups is 2. The zero-order valence-electron chi connectivity index (χ0n) is 21.7. The maximum absolute atomic E-state index is 12.9. The number of methoxy groups -OCH3 is 1. The van der Waals surface area contributed by atoms with E-state index >= 15 is 0 Å². The fourth-order valence-corrected chi connectivity index (χ4v) is 5.29. The zero-order chi connectivity index (χ0) is 27.4. The normalized spacial score (nSPS) is 16.6. The van der Waals surface area contributed by atoms with Crippen LogP contribution in [0.5, 0.6) is 0 Å². The lowest BCUT2D eigenvalue weighted by molar-refractivity contribution is -0.116. The molecule has 4 aromatic rings. The molecule has 9 heteroatoms. The number of carbonyl (C=O) groups excluding carboxylic acids is 2. The van der Waals surface area contributed by atoms with Crippen LogP contribution in [0.2, 0.25) is 0 Å². The first-order valence-corrected chi connectivity index (χ1v) is 13.1. The summed E-state index contributed by atoms with van der Waals surface area (Å²) in [4.78, 5) is 32.1. The molecule has 2 N–H and O–H groups in total. The fraction of sp³-hybridized carbons (Fsp3) is 0.200. The van der Waals surface area contributed by atoms with Gasteiger partial charge in [-0.2, -0.15) is 0 Å². The Morgan fingerprint density at radius 1 is 1.05 bits per heavy atom. The molecule has 1 aliphatic heterocycles. The second-order valence-electron chi connectivity index (χ2n) is 9.30. The predicted octanol–water partition coefficient (Wildman–Crippen LogP) is 4.97. The van der Waals surface area contributed by atoms with Crippen LogP contribution in [0.15, 0.2) is 91.3 Å². The van der Waals surface area contributed by atoms with Gasteiger partial charge in [0.1, 0.15) is 0 Å². The van der Waals surface area contributed by atoms with Crippen molar-refractivity contribution >= 4 is 34.9 Å². The maximum Gasteiger partial charge on any atom is 0.339 e. The van der Waals surface area contributed by atoms with Gasteiger partial charge in [-0.1, -0.05) is 30.3 Å². The summed E-state index contributed by atoms with van der Waals surface area (Å²) in [6.45, 7) is 2.38. The SMILES string of the molecule is COC(=O)c1ccccc1-n1cccc1[C@@H]1[C@H](c2ccccn2)NC(=S)N1CCC(=O)Nc1cccc(C)c1. The number of rotatable bonds is 8. The van der Waals surface area contributed by atoms with Crippen LogP contribution < -0.4 is 10.6 Å². The van der Waals surface area contributed by atoms with Gasteiger partial charge in [0.25, 0.3) is 0 Å². The van der Waals surface area contributed by atoms with Crippen LogP contribution in [0, 0.1) is 6.92 Å². The average Bonchev–Trinajstić information content (AvgIpc) is 3.56. The highest BCUT2D eigenvalue weighted by molar-refractivity contribution is 7.80. The van der Waals surface area contributed by atoms with Crippen molar-refractivity contribution in [3.63, 3.8) is 0 Å². The standard InChI is InChI=1S/C30H29N5O3S/c1-20-9-7-10-21(19-20)32-26(36)15-18-35-28(27(33-30(35)39)23-12-5-6-16-31-23)25-14-8-17-34(25)24-13-4-3-11-22(24)29(37)38-2/h3-14,16-17,19,27-28H,15,18H2,1-2H3,(H,32,36)(H,33,39)/t27-,28+/m0/s1. The number of ether oxygens (including phenoxy) is 1. The number of anilines is 1. The van der Waals surface area contributed by atoms with Crippen LogP contribution in [0.25, 0.3) is 5.69 Å². The minimum atomic E-state index is -0.420. The molecule has 3 heterocycles. The van der Waals surface area contributed by atoms with E-state index in [1.807, 2.05) is 89.3 Å². The number of nitrogens with zero attached hydrogens (tertiary/aromatic N) is 3. The number of aryl methyl sites for hydroxylation is 1. The molecule has 1 aliphatic rings. The van der Waals surface area contributed by atoms with Crippen molar-refractivity contribution in [1.29, 1.82) is 0 Å². The predicted molar refractivity (Wildman–Crippen MR) is 154 cm³/mol. The van der Waals surface area contributed by atoms with Crippen molar-refractivity contribution in [1.82, 2.24) is 19.8 Å². The highest BCUT2D eigenvalue weighted by atomic mass is 32.1. The van der Waals surface area contributed by atoms with E-state index in [0.29, 0.717) is 22.9 Å². The van der Waals surface area contributed by atoms with Crippen molar-refractivity contribution in [2.24, 2.45) is 0 Å². The average molecular weight is 540 g/mol. The fourth-order valence-electron chi connectivity index (χ4n) is 4.96. The zero-order valence-corrected chi connectivity index (χ0v) is 22.5. The lowest BCUT2D eigenvalue weighted by Crippen LogP contribution is -2.33. The van der Waals surface area contributed by atoms with E-state index in [0.717, 1.165) is 22.6 Å². The van der Waals surface area contributed by atoms with Gasteiger partial charge in [0.05, 0.1) is 36.1 Å². The van der Waals surface area contributed by atoms with Crippen molar-refractivity contribution < 1.29 is 14.3 Å². The van der Waals surface area contributed by atoms with E-state index < -0.39 is 5.97 Å². The second kappa shape index (κ2) is 11.5. The molecule has 0 saturated carbocycles. The molecule has 0 radical (unpaired) electrons. The van der Waals surface area contributed by atoms with Gasteiger partial charge >= 0.3 is 5.97 Å². The summed E-state index contributed by atoms with van der Waals surface area (Å²) in [5.41, 5.74) is 4.70. The number of thiocarbonyl (C=S) groups is 1. The Kier molecular flexibility index (Phi) is 7.69. The van der Waals surface area contributed by atoms with Gasteiger partial charge in [-0.25, -0.2) is 4.79 Å². The van der Waals surface area contributed by atoms with Gasteiger partial charge < -0.3 is 24.8 Å². The Labute approximate surface area is 232 Å². The molecule has 1 amide bonds. The van der Waals surface area contributed by atoms with Crippen molar-refractivity contribution in [2.75, 3.05) is 19.0 Å². The molecule has 0 unspecified atom stereocenters. The number of hydrogen-bond acceptors (Lipinski definition) is 5. The third-order valence-corrected chi connectivity index (χ3v) is 7.08. The van der Waals surface area contributed by atoms with Crippen LogP contribution in [-0.4, -0.2) is 45.1 Å². The number of aromatic nitrogens is 2. The van der Waals surface area contributed by atoms with Gasteiger partial charge in [0, 0.05) is 36.7 Å². The molecule has 39 heavy (non-hydrogen) atoms. The van der Waals surface area contributed by atoms with E-state index in [9.17, 15) is 9.59 Å². The van der Waals surface area contributed by atoms with Gasteiger partial charge in [0.15, 0.2) is 5.11 Å². The first kappa shape index (κ1) is 26.1. The van der Waals surface area contributed by atoms with E-state index in [-0.39, 0.29) is 24.4 Å². The van der Waals surface area contributed by atoms with E-state index in [1.165, 1.54) is 7.11 Å². The smallest absolute Gasteiger partial charge is 0.339 e. The van der Waals surface area contributed by atoms with Crippen LogP contribution in [0.1, 0.15) is 45.8 Å². The Hall–Kier alpha value is -4.50. The van der Waals surface area contributed by atoms with E-state index in [4.69, 9.17) is 17.0 Å². The Morgan fingerprint density at radius 3 is 2.64 bits per heavy atom. The molecule has 0 bridgehead atoms. The molecule has 8 nitrogen and oxygen atoms in total. The third kappa shape index (κ3) is 5.53. The van der Waals surface area contributed by atoms with Gasteiger partial charge in [-0.15, -0.1) is 0 Å². The lowest BCUT2D eigenvalue weighted by Gasteiger charge is -2.29. The molecular weight excluding hydrogens is 510 g/mol. The molecular formula is C30H29N5O3S. The molecule has 198 valence electrons. The summed E-state index contributed by atoms with van der Waals surface area (Å²) in [7, 11) is 1.37. The van der Waals surface area contributed by atoms with Crippen LogP contribution in [-0.2, 0) is 9.53 Å². The van der Waals surface area contributed by atoms with E-state index in [2.05, 4.69) is 15.6 Å². The Morgan fingerprint density at radius 2 is 1.87 bits per heavy atom. The summed E-state index contributed by atoms with van der Waals surface area (Å²) < 4.78 is 7.01. The summed E-state index contributed by atoms with van der Waals surface area (Å²) in [5, 5.41) is 6.94. The number of esters is 1. The molecule has 0 aliphatic carbocycles. The number of para-hydroxylation sites is 1. The highest BCUT2D eigenvalue weighted by Gasteiger charge is 2.41. The number of benzene rings is 2.